The van der Waals surface area contributed by atoms with Gasteiger partial charge in [0, 0.05) is 24.2 Å². The summed E-state index contributed by atoms with van der Waals surface area (Å²) in [6, 6.07) is 4.81. The molecule has 2 heterocycles. The molecule has 104 valence electrons. The third-order valence-corrected chi connectivity index (χ3v) is 2.82. The van der Waals surface area contributed by atoms with E-state index in [1.807, 2.05) is 0 Å². The summed E-state index contributed by atoms with van der Waals surface area (Å²) in [6.07, 6.45) is 4.56. The highest BCUT2D eigenvalue weighted by Gasteiger charge is 2.06. The number of halogens is 2. The van der Waals surface area contributed by atoms with Crippen LogP contribution in [0.15, 0.2) is 36.8 Å². The Morgan fingerprint density at radius 2 is 2.05 bits per heavy atom. The lowest BCUT2D eigenvalue weighted by molar-refractivity contribution is 0.0946. The van der Waals surface area contributed by atoms with E-state index in [1.165, 1.54) is 6.20 Å². The zero-order valence-corrected chi connectivity index (χ0v) is 11.9. The van der Waals surface area contributed by atoms with Gasteiger partial charge in [0.05, 0.1) is 11.6 Å². The molecule has 0 fully saturated rings. The van der Waals surface area contributed by atoms with Gasteiger partial charge < -0.3 is 10.1 Å². The molecule has 0 aliphatic heterocycles. The molecule has 0 radical (unpaired) electrons. The zero-order chi connectivity index (χ0) is 14.4. The molecule has 2 aromatic rings. The number of nitrogens with zero attached hydrogens (tertiary/aromatic N) is 2. The Kier molecular flexibility index (Phi) is 5.15. The Morgan fingerprint density at radius 1 is 1.30 bits per heavy atom. The Hall–Kier alpha value is -1.85. The molecule has 0 atom stereocenters. The van der Waals surface area contributed by atoms with Gasteiger partial charge in [-0.3, -0.25) is 9.78 Å². The van der Waals surface area contributed by atoms with Gasteiger partial charge in [0.2, 0.25) is 5.88 Å². The maximum absolute atomic E-state index is 11.7. The second kappa shape index (κ2) is 7.07. The second-order valence-corrected chi connectivity index (χ2v) is 4.62. The minimum Gasteiger partial charge on any atom is -0.475 e. The van der Waals surface area contributed by atoms with E-state index >= 15 is 0 Å². The van der Waals surface area contributed by atoms with Gasteiger partial charge in [-0.15, -0.1) is 0 Å². The number of amides is 1. The van der Waals surface area contributed by atoms with Crippen LogP contribution in [0.2, 0.25) is 10.0 Å². The molecule has 1 amide bonds. The van der Waals surface area contributed by atoms with Crippen molar-refractivity contribution in [2.24, 2.45) is 0 Å². The SMILES string of the molecule is O=C(NCCOc1ncc(Cl)cc1Cl)c1ccncc1. The number of ether oxygens (including phenoxy) is 1. The fourth-order valence-electron chi connectivity index (χ4n) is 1.43. The number of carbonyl (C=O) groups is 1. The summed E-state index contributed by atoms with van der Waals surface area (Å²) in [5, 5.41) is 3.48. The number of pyridine rings is 2. The minimum absolute atomic E-state index is 0.189. The molecule has 0 aliphatic carbocycles. The number of carbonyl (C=O) groups excluding carboxylic acids is 1. The smallest absolute Gasteiger partial charge is 0.251 e. The van der Waals surface area contributed by atoms with Crippen LogP contribution >= 0.6 is 23.2 Å². The first-order chi connectivity index (χ1) is 9.66. The average Bonchev–Trinajstić information content (AvgIpc) is 2.46. The summed E-state index contributed by atoms with van der Waals surface area (Å²) in [5.41, 5.74) is 0.544. The first-order valence-electron chi connectivity index (χ1n) is 5.79. The van der Waals surface area contributed by atoms with Gasteiger partial charge in [0.1, 0.15) is 11.6 Å². The summed E-state index contributed by atoms with van der Waals surface area (Å²) in [5.74, 6) is 0.0976. The topological polar surface area (TPSA) is 64.1 Å². The molecule has 20 heavy (non-hydrogen) atoms. The van der Waals surface area contributed by atoms with E-state index in [0.717, 1.165) is 0 Å². The molecule has 2 rings (SSSR count). The van der Waals surface area contributed by atoms with E-state index in [1.54, 1.807) is 30.6 Å². The van der Waals surface area contributed by atoms with Gasteiger partial charge in [-0.2, -0.15) is 0 Å². The van der Waals surface area contributed by atoms with Crippen molar-refractivity contribution >= 4 is 29.1 Å². The summed E-state index contributed by atoms with van der Waals surface area (Å²) in [7, 11) is 0. The predicted molar refractivity (Wildman–Crippen MR) is 76.3 cm³/mol. The highest BCUT2D eigenvalue weighted by molar-refractivity contribution is 6.35. The van der Waals surface area contributed by atoms with Crippen molar-refractivity contribution in [1.82, 2.24) is 15.3 Å². The van der Waals surface area contributed by atoms with Crippen LogP contribution in [0, 0.1) is 0 Å². The molecule has 0 aliphatic rings. The predicted octanol–water partition coefficient (Wildman–Crippen LogP) is 2.59. The third kappa shape index (κ3) is 4.08. The van der Waals surface area contributed by atoms with Crippen LogP contribution in [0.1, 0.15) is 10.4 Å². The lowest BCUT2D eigenvalue weighted by Gasteiger charge is -2.08. The number of hydrogen-bond donors (Lipinski definition) is 1. The molecule has 1 N–H and O–H groups in total. The van der Waals surface area contributed by atoms with Crippen LogP contribution in [0.4, 0.5) is 0 Å². The molecule has 2 aromatic heterocycles. The van der Waals surface area contributed by atoms with E-state index in [9.17, 15) is 4.79 Å². The lowest BCUT2D eigenvalue weighted by atomic mass is 10.2. The maximum Gasteiger partial charge on any atom is 0.251 e. The highest BCUT2D eigenvalue weighted by Crippen LogP contribution is 2.24. The van der Waals surface area contributed by atoms with Crippen LogP contribution in [0.3, 0.4) is 0 Å². The fourth-order valence-corrected chi connectivity index (χ4v) is 1.86. The molecule has 0 saturated heterocycles. The van der Waals surface area contributed by atoms with E-state index < -0.39 is 0 Å². The minimum atomic E-state index is -0.189. The van der Waals surface area contributed by atoms with Crippen molar-refractivity contribution in [3.63, 3.8) is 0 Å². The largest absolute Gasteiger partial charge is 0.475 e. The monoisotopic (exact) mass is 311 g/mol. The molecule has 0 bridgehead atoms. The van der Waals surface area contributed by atoms with Crippen LogP contribution in [-0.2, 0) is 0 Å². The van der Waals surface area contributed by atoms with Crippen molar-refractivity contribution < 1.29 is 9.53 Å². The van der Waals surface area contributed by atoms with Crippen molar-refractivity contribution in [3.05, 3.63) is 52.4 Å². The average molecular weight is 312 g/mol. The standard InChI is InChI=1S/C13H11Cl2N3O2/c14-10-7-11(15)13(18-8-10)20-6-5-17-12(19)9-1-3-16-4-2-9/h1-4,7-8H,5-6H2,(H,17,19). The van der Waals surface area contributed by atoms with Crippen LogP contribution in [0.25, 0.3) is 0 Å². The molecule has 0 saturated carbocycles. The van der Waals surface area contributed by atoms with Crippen LogP contribution in [-0.4, -0.2) is 29.0 Å². The number of nitrogens with one attached hydrogen (secondary N) is 1. The van der Waals surface area contributed by atoms with Gasteiger partial charge in [-0.25, -0.2) is 4.98 Å². The quantitative estimate of drug-likeness (QED) is 0.862. The molecule has 0 aromatic carbocycles. The summed E-state index contributed by atoms with van der Waals surface area (Å²) < 4.78 is 5.35. The van der Waals surface area contributed by atoms with E-state index in [0.29, 0.717) is 22.2 Å². The normalized spacial score (nSPS) is 10.1. The molecule has 0 unspecified atom stereocenters. The summed E-state index contributed by atoms with van der Waals surface area (Å²) >= 11 is 11.6. The van der Waals surface area contributed by atoms with Crippen molar-refractivity contribution in [3.8, 4) is 5.88 Å². The van der Waals surface area contributed by atoms with Gasteiger partial charge in [0.15, 0.2) is 0 Å². The number of aromatic nitrogens is 2. The van der Waals surface area contributed by atoms with Gasteiger partial charge in [-0.05, 0) is 18.2 Å². The van der Waals surface area contributed by atoms with Gasteiger partial charge in [-0.1, -0.05) is 23.2 Å². The van der Waals surface area contributed by atoms with E-state index in [-0.39, 0.29) is 18.4 Å². The van der Waals surface area contributed by atoms with Crippen molar-refractivity contribution in [2.45, 2.75) is 0 Å². The molecular formula is C13H11Cl2N3O2. The second-order valence-electron chi connectivity index (χ2n) is 3.78. The van der Waals surface area contributed by atoms with Gasteiger partial charge >= 0.3 is 0 Å². The summed E-state index contributed by atoms with van der Waals surface area (Å²) in [6.45, 7) is 0.590. The Bertz CT molecular complexity index is 593. The third-order valence-electron chi connectivity index (χ3n) is 2.34. The first kappa shape index (κ1) is 14.6. The first-order valence-corrected chi connectivity index (χ1v) is 6.54. The molecule has 0 spiro atoms. The van der Waals surface area contributed by atoms with E-state index in [4.69, 9.17) is 27.9 Å². The number of rotatable bonds is 5. The lowest BCUT2D eigenvalue weighted by Crippen LogP contribution is -2.28. The molecule has 5 nitrogen and oxygen atoms in total. The Labute approximate surface area is 125 Å². The number of hydrogen-bond acceptors (Lipinski definition) is 4. The Balaban J connectivity index is 1.78. The Morgan fingerprint density at radius 3 is 2.75 bits per heavy atom. The highest BCUT2D eigenvalue weighted by atomic mass is 35.5. The summed E-state index contributed by atoms with van der Waals surface area (Å²) in [4.78, 5) is 19.5. The van der Waals surface area contributed by atoms with Crippen LogP contribution in [0.5, 0.6) is 5.88 Å². The van der Waals surface area contributed by atoms with Crippen LogP contribution < -0.4 is 10.1 Å². The van der Waals surface area contributed by atoms with Crippen molar-refractivity contribution in [2.75, 3.05) is 13.2 Å². The zero-order valence-electron chi connectivity index (χ0n) is 10.3. The van der Waals surface area contributed by atoms with Crippen molar-refractivity contribution in [1.29, 1.82) is 0 Å². The maximum atomic E-state index is 11.7. The fraction of sp³-hybridized carbons (Fsp3) is 0.154. The molecule has 7 heteroatoms. The van der Waals surface area contributed by atoms with E-state index in [2.05, 4.69) is 15.3 Å². The molecular weight excluding hydrogens is 301 g/mol. The van der Waals surface area contributed by atoms with Gasteiger partial charge in [0.25, 0.3) is 5.91 Å².